The smallest absolute Gasteiger partial charge is 0.326 e. The predicted octanol–water partition coefficient (Wildman–Crippen LogP) is 3.65. The second kappa shape index (κ2) is 6.22. The van der Waals surface area contributed by atoms with Crippen molar-refractivity contribution in [1.29, 1.82) is 0 Å². The Bertz CT molecular complexity index is 771. The molecule has 0 saturated heterocycles. The minimum absolute atomic E-state index is 0.246. The van der Waals surface area contributed by atoms with Crippen molar-refractivity contribution in [2.75, 3.05) is 0 Å². The normalized spacial score (nSPS) is 16.8. The fourth-order valence-corrected chi connectivity index (χ4v) is 3.33. The first-order valence-electron chi connectivity index (χ1n) is 7.02. The second-order valence-electron chi connectivity index (χ2n) is 5.42. The van der Waals surface area contributed by atoms with Gasteiger partial charge >= 0.3 is 5.97 Å². The Morgan fingerprint density at radius 3 is 2.26 bits per heavy atom. The molecule has 4 nitrogen and oxygen atoms in total. The third-order valence-electron chi connectivity index (χ3n) is 3.90. The van der Waals surface area contributed by atoms with Crippen molar-refractivity contribution < 1.29 is 14.7 Å². The van der Waals surface area contributed by atoms with Crippen molar-refractivity contribution in [3.05, 3.63) is 69.2 Å². The summed E-state index contributed by atoms with van der Waals surface area (Å²) in [5, 5.41) is 10.2. The van der Waals surface area contributed by atoms with Crippen LogP contribution in [0.5, 0.6) is 0 Å². The van der Waals surface area contributed by atoms with Gasteiger partial charge in [-0.3, -0.25) is 4.79 Å². The molecule has 0 radical (unpaired) electrons. The Morgan fingerprint density at radius 2 is 1.65 bits per heavy atom. The zero-order valence-electron chi connectivity index (χ0n) is 12.0. The topological polar surface area (TPSA) is 57.6 Å². The second-order valence-corrected chi connectivity index (χ2v) is 6.29. The number of carboxylic acid groups (broad SMARTS) is 1. The Morgan fingerprint density at radius 1 is 1.04 bits per heavy atom. The van der Waals surface area contributed by atoms with E-state index >= 15 is 0 Å². The summed E-state index contributed by atoms with van der Waals surface area (Å²) in [6.45, 7) is 0.246. The van der Waals surface area contributed by atoms with Gasteiger partial charge in [0.15, 0.2) is 0 Å². The van der Waals surface area contributed by atoms with E-state index in [1.165, 1.54) is 23.1 Å². The molecule has 6 heteroatoms. The fraction of sp³-hybridized carbons (Fsp3) is 0.176. The third kappa shape index (κ3) is 3.19. The number of fused-ring (bicyclic) bond motifs is 1. The third-order valence-corrected chi connectivity index (χ3v) is 4.34. The van der Waals surface area contributed by atoms with Crippen LogP contribution in [0.15, 0.2) is 42.5 Å². The predicted molar refractivity (Wildman–Crippen MR) is 87.9 cm³/mol. The van der Waals surface area contributed by atoms with Gasteiger partial charge in [0.25, 0.3) is 5.91 Å². The van der Waals surface area contributed by atoms with Crippen LogP contribution in [0.25, 0.3) is 0 Å². The van der Waals surface area contributed by atoms with Gasteiger partial charge < -0.3 is 10.0 Å². The van der Waals surface area contributed by atoms with Crippen molar-refractivity contribution in [2.45, 2.75) is 19.0 Å². The average molecular weight is 350 g/mol. The van der Waals surface area contributed by atoms with Crippen LogP contribution < -0.4 is 0 Å². The van der Waals surface area contributed by atoms with Crippen molar-refractivity contribution in [1.82, 2.24) is 4.90 Å². The number of halogens is 2. The highest BCUT2D eigenvalue weighted by Gasteiger charge is 2.35. The van der Waals surface area contributed by atoms with Crippen molar-refractivity contribution in [3.63, 3.8) is 0 Å². The molecule has 1 heterocycles. The SMILES string of the molecule is O=C(O)C1Cc2ccccc2CN1C(=O)c1cc(Cl)cc(Cl)c1. The molecule has 1 atom stereocenters. The summed E-state index contributed by atoms with van der Waals surface area (Å²) in [4.78, 5) is 25.7. The fourth-order valence-electron chi connectivity index (χ4n) is 2.80. The van der Waals surface area contributed by atoms with E-state index in [9.17, 15) is 14.7 Å². The van der Waals surface area contributed by atoms with Crippen LogP contribution in [0.2, 0.25) is 10.0 Å². The van der Waals surface area contributed by atoms with Crippen molar-refractivity contribution >= 4 is 35.1 Å². The molecule has 2 aromatic rings. The van der Waals surface area contributed by atoms with Gasteiger partial charge in [-0.1, -0.05) is 47.5 Å². The molecule has 3 rings (SSSR count). The average Bonchev–Trinajstić information content (AvgIpc) is 2.52. The largest absolute Gasteiger partial charge is 0.480 e. The molecular formula is C17H13Cl2NO3. The number of aliphatic carboxylic acids is 1. The summed E-state index contributed by atoms with van der Waals surface area (Å²) in [6.07, 6.45) is 0.283. The maximum Gasteiger partial charge on any atom is 0.326 e. The van der Waals surface area contributed by atoms with Crippen molar-refractivity contribution in [3.8, 4) is 0 Å². The zero-order valence-corrected chi connectivity index (χ0v) is 13.5. The van der Waals surface area contributed by atoms with Gasteiger partial charge in [0.05, 0.1) is 0 Å². The molecule has 1 aliphatic heterocycles. The van der Waals surface area contributed by atoms with Gasteiger partial charge in [-0.2, -0.15) is 0 Å². The Kier molecular flexibility index (Phi) is 4.28. The maximum absolute atomic E-state index is 12.8. The molecular weight excluding hydrogens is 337 g/mol. The molecule has 1 amide bonds. The number of hydrogen-bond acceptors (Lipinski definition) is 2. The Balaban J connectivity index is 1.99. The molecule has 23 heavy (non-hydrogen) atoms. The van der Waals surface area contributed by atoms with Crippen LogP contribution in [-0.2, 0) is 17.8 Å². The molecule has 118 valence electrons. The summed E-state index contributed by atoms with van der Waals surface area (Å²) >= 11 is 11.9. The molecule has 0 saturated carbocycles. The zero-order chi connectivity index (χ0) is 16.6. The van der Waals surface area contributed by atoms with E-state index in [0.717, 1.165) is 11.1 Å². The van der Waals surface area contributed by atoms with E-state index in [1.54, 1.807) is 0 Å². The number of hydrogen-bond donors (Lipinski definition) is 1. The highest BCUT2D eigenvalue weighted by molar-refractivity contribution is 6.35. The number of carbonyl (C=O) groups is 2. The molecule has 0 bridgehead atoms. The molecule has 1 aliphatic rings. The summed E-state index contributed by atoms with van der Waals surface area (Å²) in [5.74, 6) is -1.42. The number of carboxylic acids is 1. The molecule has 0 fully saturated rings. The molecule has 1 unspecified atom stereocenters. The van der Waals surface area contributed by atoms with Crippen LogP contribution in [0, 0.1) is 0 Å². The highest BCUT2D eigenvalue weighted by Crippen LogP contribution is 2.27. The number of amides is 1. The lowest BCUT2D eigenvalue weighted by Crippen LogP contribution is -2.48. The number of nitrogens with zero attached hydrogens (tertiary/aromatic N) is 1. The van der Waals surface area contributed by atoms with Crippen LogP contribution in [0.3, 0.4) is 0 Å². The van der Waals surface area contributed by atoms with E-state index in [1.807, 2.05) is 24.3 Å². The first kappa shape index (κ1) is 15.8. The first-order chi connectivity index (χ1) is 11.0. The van der Waals surface area contributed by atoms with E-state index in [-0.39, 0.29) is 18.5 Å². The highest BCUT2D eigenvalue weighted by atomic mass is 35.5. The summed E-state index contributed by atoms with van der Waals surface area (Å²) in [6, 6.07) is 11.1. The maximum atomic E-state index is 12.8. The number of carbonyl (C=O) groups excluding carboxylic acids is 1. The summed E-state index contributed by atoms with van der Waals surface area (Å²) in [7, 11) is 0. The number of rotatable bonds is 2. The lowest BCUT2D eigenvalue weighted by Gasteiger charge is -2.34. The Hall–Kier alpha value is -2.04. The van der Waals surface area contributed by atoms with Crippen molar-refractivity contribution in [2.24, 2.45) is 0 Å². The molecule has 0 aliphatic carbocycles. The summed E-state index contributed by atoms with van der Waals surface area (Å²) in [5.41, 5.74) is 2.19. The van der Waals surface area contributed by atoms with Gasteiger partial charge in [0.2, 0.25) is 0 Å². The van der Waals surface area contributed by atoms with Gasteiger partial charge in [-0.25, -0.2) is 4.79 Å². The van der Waals surface area contributed by atoms with Gasteiger partial charge in [-0.05, 0) is 29.3 Å². The van der Waals surface area contributed by atoms with Gasteiger partial charge in [0, 0.05) is 28.6 Å². The van der Waals surface area contributed by atoms with E-state index in [4.69, 9.17) is 23.2 Å². The van der Waals surface area contributed by atoms with E-state index in [2.05, 4.69) is 0 Å². The lowest BCUT2D eigenvalue weighted by atomic mass is 9.93. The van der Waals surface area contributed by atoms with Crippen LogP contribution in [0.4, 0.5) is 0 Å². The minimum Gasteiger partial charge on any atom is -0.480 e. The molecule has 2 aromatic carbocycles. The standard InChI is InChI=1S/C17H13Cl2NO3/c18-13-5-12(6-14(19)8-13)16(21)20-9-11-4-2-1-3-10(11)7-15(20)17(22)23/h1-6,8,15H,7,9H2,(H,22,23). The Labute approximate surface area is 143 Å². The molecule has 1 N–H and O–H groups in total. The molecule has 0 aromatic heterocycles. The van der Waals surface area contributed by atoms with Crippen LogP contribution in [0.1, 0.15) is 21.5 Å². The lowest BCUT2D eigenvalue weighted by molar-refractivity contribution is -0.142. The van der Waals surface area contributed by atoms with Crippen LogP contribution in [-0.4, -0.2) is 27.9 Å². The quantitative estimate of drug-likeness (QED) is 0.900. The van der Waals surface area contributed by atoms with E-state index < -0.39 is 17.9 Å². The summed E-state index contributed by atoms with van der Waals surface area (Å²) < 4.78 is 0. The molecule has 0 spiro atoms. The van der Waals surface area contributed by atoms with Gasteiger partial charge in [-0.15, -0.1) is 0 Å². The van der Waals surface area contributed by atoms with Gasteiger partial charge in [0.1, 0.15) is 6.04 Å². The minimum atomic E-state index is -1.03. The van der Waals surface area contributed by atoms with Crippen LogP contribution >= 0.6 is 23.2 Å². The number of benzene rings is 2. The van der Waals surface area contributed by atoms with E-state index in [0.29, 0.717) is 10.0 Å². The monoisotopic (exact) mass is 349 g/mol. The first-order valence-corrected chi connectivity index (χ1v) is 7.78.